The summed E-state index contributed by atoms with van der Waals surface area (Å²) in [7, 11) is 1.70. The third-order valence-electron chi connectivity index (χ3n) is 4.81. The summed E-state index contributed by atoms with van der Waals surface area (Å²) in [4.78, 5) is 36.3. The van der Waals surface area contributed by atoms with Crippen molar-refractivity contribution in [3.8, 4) is 10.4 Å². The van der Waals surface area contributed by atoms with Crippen molar-refractivity contribution in [2.45, 2.75) is 5.16 Å². The molecule has 4 aromatic heterocycles. The highest BCUT2D eigenvalue weighted by Crippen LogP contribution is 2.34. The van der Waals surface area contributed by atoms with Crippen molar-refractivity contribution in [1.82, 2.24) is 14.5 Å². The fourth-order valence-corrected chi connectivity index (χ4v) is 5.90. The van der Waals surface area contributed by atoms with Crippen molar-refractivity contribution in [2.24, 2.45) is 7.05 Å². The lowest BCUT2D eigenvalue weighted by Gasteiger charge is -2.09. The van der Waals surface area contributed by atoms with Crippen LogP contribution in [0.1, 0.15) is 0 Å². The maximum absolute atomic E-state index is 13.0. The fraction of sp³-hybridized carbons (Fsp3) is 0.0909. The maximum Gasteiger partial charge on any atom is 0.263 e. The van der Waals surface area contributed by atoms with Crippen LogP contribution in [0.3, 0.4) is 0 Å². The number of carbonyl (C=O) groups excluding carboxylic acids is 1. The number of nitrogens with zero attached hydrogens (tertiary/aromatic N) is 3. The highest BCUT2D eigenvalue weighted by Gasteiger charge is 2.17. The summed E-state index contributed by atoms with van der Waals surface area (Å²) in [5.74, 6) is -0.0212. The van der Waals surface area contributed by atoms with Crippen molar-refractivity contribution >= 4 is 67.1 Å². The van der Waals surface area contributed by atoms with Gasteiger partial charge in [0.2, 0.25) is 5.91 Å². The summed E-state index contributed by atoms with van der Waals surface area (Å²) in [5.41, 5.74) is 2.36. The van der Waals surface area contributed by atoms with Gasteiger partial charge >= 0.3 is 0 Å². The summed E-state index contributed by atoms with van der Waals surface area (Å²) in [6.07, 6.45) is 1.72. The molecule has 0 saturated carbocycles. The summed E-state index contributed by atoms with van der Waals surface area (Å²) >= 11 is 4.30. The molecule has 0 bridgehead atoms. The van der Waals surface area contributed by atoms with Gasteiger partial charge in [0.1, 0.15) is 4.83 Å². The van der Waals surface area contributed by atoms with Crippen LogP contribution in [-0.2, 0) is 11.8 Å². The molecule has 5 aromatic rings. The van der Waals surface area contributed by atoms with E-state index < -0.39 is 0 Å². The average molecular weight is 465 g/mol. The van der Waals surface area contributed by atoms with E-state index in [2.05, 4.69) is 15.3 Å². The van der Waals surface area contributed by atoms with Crippen LogP contribution in [0.25, 0.3) is 31.6 Å². The Bertz CT molecular complexity index is 1470. The zero-order valence-electron chi connectivity index (χ0n) is 16.4. The largest absolute Gasteiger partial charge is 0.325 e. The van der Waals surface area contributed by atoms with E-state index >= 15 is 0 Å². The van der Waals surface area contributed by atoms with E-state index in [0.717, 1.165) is 21.3 Å². The Hall–Kier alpha value is -3.01. The third-order valence-corrected chi connectivity index (χ3v) is 7.62. The Morgan fingerprint density at radius 3 is 2.90 bits per heavy atom. The van der Waals surface area contributed by atoms with Crippen LogP contribution < -0.4 is 10.9 Å². The van der Waals surface area contributed by atoms with Gasteiger partial charge in [-0.3, -0.25) is 19.1 Å². The van der Waals surface area contributed by atoms with E-state index in [4.69, 9.17) is 0 Å². The minimum Gasteiger partial charge on any atom is -0.325 e. The monoisotopic (exact) mass is 464 g/mol. The van der Waals surface area contributed by atoms with Crippen molar-refractivity contribution in [3.63, 3.8) is 0 Å². The number of benzene rings is 1. The number of thiophene rings is 2. The fourth-order valence-electron chi connectivity index (χ4n) is 3.32. The van der Waals surface area contributed by atoms with E-state index in [-0.39, 0.29) is 17.2 Å². The predicted octanol–water partition coefficient (Wildman–Crippen LogP) is 5.00. The lowest BCUT2D eigenvalue weighted by atomic mass is 10.2. The Labute approximate surface area is 189 Å². The summed E-state index contributed by atoms with van der Waals surface area (Å²) in [6, 6.07) is 13.3. The molecule has 0 spiro atoms. The second-order valence-electron chi connectivity index (χ2n) is 6.78. The van der Waals surface area contributed by atoms with Gasteiger partial charge in [0, 0.05) is 34.5 Å². The second-order valence-corrected chi connectivity index (χ2v) is 9.53. The van der Waals surface area contributed by atoms with Gasteiger partial charge in [-0.1, -0.05) is 23.9 Å². The molecular weight excluding hydrogens is 448 g/mol. The van der Waals surface area contributed by atoms with E-state index in [0.29, 0.717) is 21.1 Å². The van der Waals surface area contributed by atoms with E-state index in [9.17, 15) is 9.59 Å². The van der Waals surface area contributed by atoms with Crippen LogP contribution in [-0.4, -0.2) is 26.2 Å². The smallest absolute Gasteiger partial charge is 0.263 e. The average Bonchev–Trinajstić information content (AvgIpc) is 3.45. The molecule has 0 aliphatic rings. The molecule has 1 N–H and O–H groups in total. The number of anilines is 1. The molecule has 9 heteroatoms. The molecule has 31 heavy (non-hydrogen) atoms. The van der Waals surface area contributed by atoms with E-state index in [1.807, 2.05) is 53.2 Å². The molecule has 0 fully saturated rings. The quantitative estimate of drug-likeness (QED) is 0.292. The number of rotatable bonds is 5. The standard InChI is InChI=1S/C22H16N4O2S3/c1-26-21(28)19-14(17-8-4-10-29-17)11-30-20(19)25-22(26)31-12-18(27)24-16-7-2-6-15-13(16)5-3-9-23-15/h2-11H,12H2,1H3,(H,24,27). The molecule has 6 nitrogen and oxygen atoms in total. The number of pyridine rings is 1. The van der Waals surface area contributed by atoms with Gasteiger partial charge in [0.25, 0.3) is 5.56 Å². The minimum absolute atomic E-state index is 0.0994. The van der Waals surface area contributed by atoms with Crippen LogP contribution in [0.2, 0.25) is 0 Å². The second kappa shape index (κ2) is 8.26. The lowest BCUT2D eigenvalue weighted by Crippen LogP contribution is -2.21. The van der Waals surface area contributed by atoms with Crippen molar-refractivity contribution in [1.29, 1.82) is 0 Å². The van der Waals surface area contributed by atoms with Crippen LogP contribution in [0.5, 0.6) is 0 Å². The first-order valence-corrected chi connectivity index (χ1v) is 12.1. The molecule has 1 aromatic carbocycles. The topological polar surface area (TPSA) is 76.9 Å². The van der Waals surface area contributed by atoms with Gasteiger partial charge in [-0.25, -0.2) is 4.98 Å². The van der Waals surface area contributed by atoms with Crippen molar-refractivity contribution < 1.29 is 4.79 Å². The number of carbonyl (C=O) groups is 1. The molecule has 0 aliphatic carbocycles. The molecule has 0 atom stereocenters. The zero-order valence-corrected chi connectivity index (χ0v) is 18.8. The molecule has 0 aliphatic heterocycles. The van der Waals surface area contributed by atoms with Crippen LogP contribution in [0, 0.1) is 0 Å². The van der Waals surface area contributed by atoms with Crippen molar-refractivity contribution in [2.75, 3.05) is 11.1 Å². The summed E-state index contributed by atoms with van der Waals surface area (Å²) < 4.78 is 1.52. The van der Waals surface area contributed by atoms with Crippen LogP contribution >= 0.6 is 34.4 Å². The molecule has 0 unspecified atom stereocenters. The molecule has 154 valence electrons. The zero-order chi connectivity index (χ0) is 21.4. The SMILES string of the molecule is Cn1c(SCC(=O)Nc2cccc3ncccc23)nc2scc(-c3cccs3)c2c1=O. The van der Waals surface area contributed by atoms with E-state index in [1.165, 1.54) is 27.7 Å². The molecule has 4 heterocycles. The number of nitrogens with one attached hydrogen (secondary N) is 1. The van der Waals surface area contributed by atoms with Gasteiger partial charge in [0.15, 0.2) is 5.16 Å². The molecule has 1 amide bonds. The first-order chi connectivity index (χ1) is 15.1. The lowest BCUT2D eigenvalue weighted by molar-refractivity contribution is -0.113. The summed E-state index contributed by atoms with van der Waals surface area (Å²) in [5, 5.41) is 8.94. The number of hydrogen-bond donors (Lipinski definition) is 1. The predicted molar refractivity (Wildman–Crippen MR) is 129 cm³/mol. The number of aromatic nitrogens is 3. The molecule has 0 radical (unpaired) electrons. The van der Waals surface area contributed by atoms with Crippen LogP contribution in [0.15, 0.2) is 69.4 Å². The molecular formula is C22H16N4O2S3. The van der Waals surface area contributed by atoms with Crippen molar-refractivity contribution in [3.05, 3.63) is 69.8 Å². The Kier molecular flexibility index (Phi) is 5.31. The minimum atomic E-state index is -0.166. The van der Waals surface area contributed by atoms with Gasteiger partial charge < -0.3 is 5.32 Å². The Morgan fingerprint density at radius 1 is 1.16 bits per heavy atom. The maximum atomic E-state index is 13.0. The Morgan fingerprint density at radius 2 is 2.06 bits per heavy atom. The van der Waals surface area contributed by atoms with Crippen LogP contribution in [0.4, 0.5) is 5.69 Å². The van der Waals surface area contributed by atoms with Gasteiger partial charge in [0.05, 0.1) is 22.3 Å². The van der Waals surface area contributed by atoms with Gasteiger partial charge in [-0.2, -0.15) is 0 Å². The summed E-state index contributed by atoms with van der Waals surface area (Å²) in [6.45, 7) is 0. The Balaban J connectivity index is 1.38. The highest BCUT2D eigenvalue weighted by atomic mass is 32.2. The number of hydrogen-bond acceptors (Lipinski definition) is 7. The molecule has 5 rings (SSSR count). The number of fused-ring (bicyclic) bond motifs is 2. The number of amides is 1. The van der Waals surface area contributed by atoms with Gasteiger partial charge in [-0.15, -0.1) is 22.7 Å². The molecule has 0 saturated heterocycles. The van der Waals surface area contributed by atoms with E-state index in [1.54, 1.807) is 24.6 Å². The first kappa shape index (κ1) is 19.9. The third kappa shape index (κ3) is 3.76. The number of thioether (sulfide) groups is 1. The van der Waals surface area contributed by atoms with Gasteiger partial charge in [-0.05, 0) is 35.7 Å². The highest BCUT2D eigenvalue weighted by molar-refractivity contribution is 7.99. The normalized spacial score (nSPS) is 11.3. The first-order valence-electron chi connectivity index (χ1n) is 9.40.